The van der Waals surface area contributed by atoms with Crippen molar-refractivity contribution >= 4 is 5.97 Å². The number of pyridine rings is 1. The van der Waals surface area contributed by atoms with Crippen LogP contribution in [0.2, 0.25) is 0 Å². The molecule has 0 aliphatic carbocycles. The second-order valence-corrected chi connectivity index (χ2v) is 3.27. The van der Waals surface area contributed by atoms with Crippen molar-refractivity contribution in [1.82, 2.24) is 4.98 Å². The van der Waals surface area contributed by atoms with Crippen molar-refractivity contribution in [1.29, 1.82) is 0 Å². The first-order valence-electron chi connectivity index (χ1n) is 5.08. The van der Waals surface area contributed by atoms with Crippen LogP contribution in [0, 0.1) is 0 Å². The number of carbonyl (C=O) groups is 1. The van der Waals surface area contributed by atoms with E-state index in [-0.39, 0.29) is 0 Å². The van der Waals surface area contributed by atoms with Gasteiger partial charge in [0.05, 0.1) is 13.7 Å². The number of esters is 1. The molecule has 0 fully saturated rings. The fourth-order valence-corrected chi connectivity index (χ4v) is 1.25. The topological polar surface area (TPSA) is 74.4 Å². The number of hydrogen-bond donors (Lipinski definition) is 1. The lowest BCUT2D eigenvalue weighted by Gasteiger charge is -2.09. The zero-order chi connectivity index (χ0) is 12.0. The van der Waals surface area contributed by atoms with Crippen LogP contribution in [0.5, 0.6) is 5.88 Å². The molecule has 1 heterocycles. The number of ether oxygens (including phenoxy) is 2. The lowest BCUT2D eigenvalue weighted by Crippen LogP contribution is -2.33. The van der Waals surface area contributed by atoms with E-state index in [0.29, 0.717) is 18.9 Å². The van der Waals surface area contributed by atoms with Crippen LogP contribution in [0.1, 0.15) is 12.5 Å². The first kappa shape index (κ1) is 12.4. The van der Waals surface area contributed by atoms with Gasteiger partial charge in [-0.3, -0.25) is 4.79 Å². The molecule has 1 aromatic rings. The van der Waals surface area contributed by atoms with Crippen LogP contribution < -0.4 is 10.5 Å². The van der Waals surface area contributed by atoms with Crippen molar-refractivity contribution in [2.24, 2.45) is 5.73 Å². The van der Waals surface area contributed by atoms with Gasteiger partial charge in [-0.25, -0.2) is 4.98 Å². The monoisotopic (exact) mass is 224 g/mol. The second kappa shape index (κ2) is 6.07. The minimum absolute atomic E-state index is 0.409. The molecular formula is C11H16N2O3. The minimum Gasteiger partial charge on any atom is -0.478 e. The molecule has 0 saturated heterocycles. The van der Waals surface area contributed by atoms with Crippen LogP contribution in [0.15, 0.2) is 18.3 Å². The number of methoxy groups -OCH3 is 1. The van der Waals surface area contributed by atoms with E-state index in [9.17, 15) is 4.79 Å². The molecule has 2 N–H and O–H groups in total. The highest BCUT2D eigenvalue weighted by Gasteiger charge is 2.14. The Morgan fingerprint density at radius 1 is 1.56 bits per heavy atom. The van der Waals surface area contributed by atoms with E-state index in [2.05, 4.69) is 9.72 Å². The molecule has 0 bridgehead atoms. The largest absolute Gasteiger partial charge is 0.478 e. The summed E-state index contributed by atoms with van der Waals surface area (Å²) < 4.78 is 9.74. The fraction of sp³-hybridized carbons (Fsp3) is 0.455. The Bertz CT molecular complexity index is 338. The van der Waals surface area contributed by atoms with E-state index in [1.807, 2.05) is 13.0 Å². The third-order valence-corrected chi connectivity index (χ3v) is 2.05. The third-order valence-electron chi connectivity index (χ3n) is 2.05. The third kappa shape index (κ3) is 3.51. The summed E-state index contributed by atoms with van der Waals surface area (Å²) in [5.41, 5.74) is 6.50. The van der Waals surface area contributed by atoms with E-state index in [1.54, 1.807) is 12.3 Å². The summed E-state index contributed by atoms with van der Waals surface area (Å²) in [5.74, 6) is 0.145. The quantitative estimate of drug-likeness (QED) is 0.738. The van der Waals surface area contributed by atoms with Gasteiger partial charge in [-0.2, -0.15) is 0 Å². The van der Waals surface area contributed by atoms with Gasteiger partial charge in [-0.1, -0.05) is 6.07 Å². The molecule has 5 heteroatoms. The number of hydrogen-bond acceptors (Lipinski definition) is 5. The Morgan fingerprint density at radius 3 is 2.81 bits per heavy atom. The number of nitrogens with zero attached hydrogens (tertiary/aromatic N) is 1. The molecule has 1 aromatic heterocycles. The summed E-state index contributed by atoms with van der Waals surface area (Å²) in [4.78, 5) is 15.2. The first-order valence-corrected chi connectivity index (χ1v) is 5.08. The van der Waals surface area contributed by atoms with Gasteiger partial charge in [0.1, 0.15) is 6.04 Å². The zero-order valence-electron chi connectivity index (χ0n) is 9.47. The van der Waals surface area contributed by atoms with Crippen molar-refractivity contribution in [2.75, 3.05) is 13.7 Å². The summed E-state index contributed by atoms with van der Waals surface area (Å²) >= 11 is 0. The van der Waals surface area contributed by atoms with E-state index in [0.717, 1.165) is 5.56 Å². The van der Waals surface area contributed by atoms with Crippen molar-refractivity contribution in [3.8, 4) is 5.88 Å². The SMILES string of the molecule is CCOc1ccc(C[C@@H](N)C(=O)OC)cn1. The molecule has 0 spiro atoms. The normalized spacial score (nSPS) is 11.9. The maximum absolute atomic E-state index is 11.1. The Labute approximate surface area is 94.6 Å². The molecule has 0 radical (unpaired) electrons. The molecular weight excluding hydrogens is 208 g/mol. The molecule has 0 unspecified atom stereocenters. The molecule has 1 atom stereocenters. The van der Waals surface area contributed by atoms with Crippen molar-refractivity contribution < 1.29 is 14.3 Å². The maximum Gasteiger partial charge on any atom is 0.322 e. The van der Waals surface area contributed by atoms with Gasteiger partial charge < -0.3 is 15.2 Å². The van der Waals surface area contributed by atoms with Crippen LogP contribution >= 0.6 is 0 Å². The van der Waals surface area contributed by atoms with Gasteiger partial charge >= 0.3 is 5.97 Å². The Morgan fingerprint density at radius 2 is 2.31 bits per heavy atom. The molecule has 0 saturated carbocycles. The standard InChI is InChI=1S/C11H16N2O3/c1-3-16-10-5-4-8(7-13-10)6-9(12)11(14)15-2/h4-5,7,9H,3,6,12H2,1-2H3/t9-/m1/s1. The highest BCUT2D eigenvalue weighted by molar-refractivity contribution is 5.75. The average molecular weight is 224 g/mol. The molecule has 16 heavy (non-hydrogen) atoms. The van der Waals surface area contributed by atoms with Crippen LogP contribution in [0.25, 0.3) is 0 Å². The predicted molar refractivity (Wildman–Crippen MR) is 59.1 cm³/mol. The summed E-state index contributed by atoms with van der Waals surface area (Å²) in [6.07, 6.45) is 2.06. The zero-order valence-corrected chi connectivity index (χ0v) is 9.47. The first-order chi connectivity index (χ1) is 7.67. The molecule has 0 aromatic carbocycles. The van der Waals surface area contributed by atoms with E-state index < -0.39 is 12.0 Å². The summed E-state index contributed by atoms with van der Waals surface area (Å²) in [6.45, 7) is 2.47. The number of carbonyl (C=O) groups excluding carboxylic acids is 1. The van der Waals surface area contributed by atoms with Crippen LogP contribution in [-0.2, 0) is 16.0 Å². The fourth-order valence-electron chi connectivity index (χ4n) is 1.25. The van der Waals surface area contributed by atoms with Gasteiger partial charge in [0.25, 0.3) is 0 Å². The molecule has 5 nitrogen and oxygen atoms in total. The van der Waals surface area contributed by atoms with Crippen LogP contribution in [0.4, 0.5) is 0 Å². The predicted octanol–water partition coefficient (Wildman–Crippen LogP) is 0.523. The Kier molecular flexibility index (Phi) is 4.72. The van der Waals surface area contributed by atoms with Gasteiger partial charge in [-0.15, -0.1) is 0 Å². The average Bonchev–Trinajstić information content (AvgIpc) is 2.31. The minimum atomic E-state index is -0.648. The molecule has 0 aliphatic rings. The van der Waals surface area contributed by atoms with E-state index in [1.165, 1.54) is 7.11 Å². The van der Waals surface area contributed by atoms with Crippen LogP contribution in [-0.4, -0.2) is 30.7 Å². The Hall–Kier alpha value is -1.62. The van der Waals surface area contributed by atoms with E-state index in [4.69, 9.17) is 10.5 Å². The van der Waals surface area contributed by atoms with E-state index >= 15 is 0 Å². The van der Waals surface area contributed by atoms with Gasteiger partial charge in [0.2, 0.25) is 5.88 Å². The van der Waals surface area contributed by atoms with Crippen LogP contribution in [0.3, 0.4) is 0 Å². The smallest absolute Gasteiger partial charge is 0.322 e. The van der Waals surface area contributed by atoms with Gasteiger partial charge in [0, 0.05) is 12.3 Å². The van der Waals surface area contributed by atoms with Crippen molar-refractivity contribution in [3.05, 3.63) is 23.9 Å². The second-order valence-electron chi connectivity index (χ2n) is 3.27. The highest BCUT2D eigenvalue weighted by atomic mass is 16.5. The van der Waals surface area contributed by atoms with Gasteiger partial charge in [-0.05, 0) is 18.9 Å². The molecule has 0 aliphatic heterocycles. The van der Waals surface area contributed by atoms with Gasteiger partial charge in [0.15, 0.2) is 0 Å². The Balaban J connectivity index is 2.58. The highest BCUT2D eigenvalue weighted by Crippen LogP contribution is 2.09. The number of aromatic nitrogens is 1. The molecule has 0 amide bonds. The lowest BCUT2D eigenvalue weighted by atomic mass is 10.1. The molecule has 88 valence electrons. The van der Waals surface area contributed by atoms with Crippen molar-refractivity contribution in [3.63, 3.8) is 0 Å². The number of rotatable bonds is 5. The maximum atomic E-state index is 11.1. The van der Waals surface area contributed by atoms with Crippen molar-refractivity contribution in [2.45, 2.75) is 19.4 Å². The summed E-state index contributed by atoms with van der Waals surface area (Å²) in [5, 5.41) is 0. The summed E-state index contributed by atoms with van der Waals surface area (Å²) in [6, 6.07) is 2.94. The lowest BCUT2D eigenvalue weighted by molar-refractivity contribution is -0.142. The molecule has 1 rings (SSSR count). The summed E-state index contributed by atoms with van der Waals surface area (Å²) in [7, 11) is 1.32. The number of nitrogens with two attached hydrogens (primary N) is 1.